The number of piperazine rings is 1. The molecule has 0 unspecified atom stereocenters. The topological polar surface area (TPSA) is 125 Å². The van der Waals surface area contributed by atoms with Crippen molar-refractivity contribution in [1.82, 2.24) is 14.0 Å². The number of amides is 1. The zero-order valence-corrected chi connectivity index (χ0v) is 22.5. The van der Waals surface area contributed by atoms with Crippen molar-refractivity contribution < 1.29 is 26.4 Å². The normalized spacial score (nSPS) is 17.6. The van der Waals surface area contributed by atoms with E-state index in [-0.39, 0.29) is 29.4 Å². The third kappa shape index (κ3) is 5.78. The zero-order valence-electron chi connectivity index (χ0n) is 20.9. The van der Waals surface area contributed by atoms with Crippen molar-refractivity contribution in [2.24, 2.45) is 5.10 Å². The van der Waals surface area contributed by atoms with Crippen LogP contribution in [0.3, 0.4) is 0 Å². The molecule has 10 nitrogen and oxygen atoms in total. The summed E-state index contributed by atoms with van der Waals surface area (Å²) in [5.41, 5.74) is 3.63. The third-order valence-corrected chi connectivity index (χ3v) is 9.97. The molecular weight excluding hydrogens is 528 g/mol. The number of hydrogen-bond acceptors (Lipinski definition) is 7. The van der Waals surface area contributed by atoms with Crippen LogP contribution in [0, 0.1) is 0 Å². The van der Waals surface area contributed by atoms with Gasteiger partial charge in [-0.15, -0.1) is 0 Å². The smallest absolute Gasteiger partial charge is 0.259 e. The lowest BCUT2D eigenvalue weighted by atomic mass is 10.1. The Morgan fingerprint density at radius 3 is 1.95 bits per heavy atom. The Balaban J connectivity index is 1.63. The van der Waals surface area contributed by atoms with Gasteiger partial charge in [-0.1, -0.05) is 36.4 Å². The molecule has 1 amide bonds. The van der Waals surface area contributed by atoms with Gasteiger partial charge < -0.3 is 4.74 Å². The predicted molar refractivity (Wildman–Crippen MR) is 143 cm³/mol. The predicted octanol–water partition coefficient (Wildman–Crippen LogP) is 2.30. The van der Waals surface area contributed by atoms with Crippen LogP contribution in [0.15, 0.2) is 99.8 Å². The van der Waals surface area contributed by atoms with E-state index < -0.39 is 32.0 Å². The molecule has 38 heavy (non-hydrogen) atoms. The van der Waals surface area contributed by atoms with Gasteiger partial charge in [-0.2, -0.15) is 13.7 Å². The molecule has 3 aromatic rings. The molecule has 0 spiro atoms. The zero-order chi connectivity index (χ0) is 27.3. The van der Waals surface area contributed by atoms with E-state index in [1.54, 1.807) is 74.7 Å². The van der Waals surface area contributed by atoms with Gasteiger partial charge in [0.1, 0.15) is 11.8 Å². The van der Waals surface area contributed by atoms with Crippen LogP contribution in [0.2, 0.25) is 0 Å². The monoisotopic (exact) mass is 556 g/mol. The van der Waals surface area contributed by atoms with Gasteiger partial charge in [0.25, 0.3) is 5.91 Å². The fourth-order valence-corrected chi connectivity index (χ4v) is 7.09. The lowest BCUT2D eigenvalue weighted by Crippen LogP contribution is -2.60. The number of nitrogens with zero attached hydrogens (tertiary/aromatic N) is 3. The summed E-state index contributed by atoms with van der Waals surface area (Å²) in [6, 6.07) is 21.2. The van der Waals surface area contributed by atoms with Gasteiger partial charge in [0.05, 0.1) is 22.6 Å². The highest BCUT2D eigenvalue weighted by molar-refractivity contribution is 7.89. The molecule has 1 saturated heterocycles. The van der Waals surface area contributed by atoms with E-state index in [1.165, 1.54) is 24.3 Å². The summed E-state index contributed by atoms with van der Waals surface area (Å²) in [4.78, 5) is 13.4. The number of methoxy groups -OCH3 is 1. The average molecular weight is 557 g/mol. The van der Waals surface area contributed by atoms with Crippen LogP contribution in [0.4, 0.5) is 0 Å². The number of carbonyl (C=O) groups excluding carboxylic acids is 1. The van der Waals surface area contributed by atoms with E-state index in [0.29, 0.717) is 11.5 Å². The number of carbonyl (C=O) groups is 1. The summed E-state index contributed by atoms with van der Waals surface area (Å²) >= 11 is 0. The van der Waals surface area contributed by atoms with Gasteiger partial charge >= 0.3 is 0 Å². The highest BCUT2D eigenvalue weighted by Crippen LogP contribution is 2.25. The van der Waals surface area contributed by atoms with E-state index in [2.05, 4.69) is 10.5 Å². The van der Waals surface area contributed by atoms with Crippen LogP contribution < -0.4 is 10.2 Å². The number of hydrazone groups is 1. The number of ether oxygens (including phenoxy) is 1. The highest BCUT2D eigenvalue weighted by atomic mass is 32.2. The maximum absolute atomic E-state index is 13.5. The van der Waals surface area contributed by atoms with Crippen LogP contribution in [0.5, 0.6) is 5.75 Å². The second-order valence-corrected chi connectivity index (χ2v) is 12.4. The van der Waals surface area contributed by atoms with Crippen LogP contribution in [0.1, 0.15) is 12.5 Å². The maximum Gasteiger partial charge on any atom is 0.259 e. The molecule has 1 fully saturated rings. The second kappa shape index (κ2) is 11.4. The standard InChI is InChI=1S/C26H28N4O6S2/c1-20(21-13-15-22(36-2)16-14-21)27-28-26(31)25-19-29(37(32,33)23-9-5-3-6-10-23)17-18-30(25)38(34,35)24-11-7-4-8-12-24/h3-16,25H,17-19H2,1-2H3,(H,28,31)/b27-20-/t25-/m1/s1. The molecule has 1 N–H and O–H groups in total. The fraction of sp³-hybridized carbons (Fsp3) is 0.231. The van der Waals surface area contributed by atoms with Crippen molar-refractivity contribution in [2.45, 2.75) is 22.8 Å². The lowest BCUT2D eigenvalue weighted by Gasteiger charge is -2.38. The van der Waals surface area contributed by atoms with Crippen LogP contribution >= 0.6 is 0 Å². The molecule has 0 bridgehead atoms. The lowest BCUT2D eigenvalue weighted by molar-refractivity contribution is -0.125. The van der Waals surface area contributed by atoms with Crippen molar-refractivity contribution in [1.29, 1.82) is 0 Å². The van der Waals surface area contributed by atoms with Gasteiger partial charge in [0, 0.05) is 19.6 Å². The second-order valence-electron chi connectivity index (χ2n) is 8.52. The average Bonchev–Trinajstić information content (AvgIpc) is 2.96. The summed E-state index contributed by atoms with van der Waals surface area (Å²) in [6.45, 7) is 1.00. The molecule has 12 heteroatoms. The summed E-state index contributed by atoms with van der Waals surface area (Å²) in [6.07, 6.45) is 0. The quantitative estimate of drug-likeness (QED) is 0.335. The molecule has 3 aromatic carbocycles. The first-order valence-electron chi connectivity index (χ1n) is 11.8. The Kier molecular flexibility index (Phi) is 8.26. The van der Waals surface area contributed by atoms with E-state index in [1.807, 2.05) is 0 Å². The fourth-order valence-electron chi connectivity index (χ4n) is 4.04. The van der Waals surface area contributed by atoms with Gasteiger partial charge in [0.2, 0.25) is 20.0 Å². The maximum atomic E-state index is 13.5. The number of hydrogen-bond donors (Lipinski definition) is 1. The number of benzene rings is 3. The molecule has 1 heterocycles. The van der Waals surface area contributed by atoms with Crippen LogP contribution in [-0.4, -0.2) is 69.9 Å². The van der Waals surface area contributed by atoms with Crippen molar-refractivity contribution in [2.75, 3.05) is 26.7 Å². The van der Waals surface area contributed by atoms with Gasteiger partial charge in [-0.25, -0.2) is 22.3 Å². The summed E-state index contributed by atoms with van der Waals surface area (Å²) in [5, 5.41) is 4.15. The minimum Gasteiger partial charge on any atom is -0.497 e. The van der Waals surface area contributed by atoms with Crippen molar-refractivity contribution >= 4 is 31.7 Å². The van der Waals surface area contributed by atoms with Crippen LogP contribution in [0.25, 0.3) is 0 Å². The van der Waals surface area contributed by atoms with E-state index in [4.69, 9.17) is 4.74 Å². The largest absolute Gasteiger partial charge is 0.497 e. The first-order valence-corrected chi connectivity index (χ1v) is 14.6. The third-order valence-electron chi connectivity index (χ3n) is 6.17. The van der Waals surface area contributed by atoms with E-state index in [0.717, 1.165) is 14.2 Å². The van der Waals surface area contributed by atoms with Gasteiger partial charge in [-0.05, 0) is 61.0 Å². The molecule has 0 aliphatic carbocycles. The molecule has 0 radical (unpaired) electrons. The van der Waals surface area contributed by atoms with E-state index in [9.17, 15) is 21.6 Å². The van der Waals surface area contributed by atoms with Crippen molar-refractivity contribution in [3.05, 3.63) is 90.5 Å². The molecule has 1 aliphatic heterocycles. The highest BCUT2D eigenvalue weighted by Gasteiger charge is 2.43. The summed E-state index contributed by atoms with van der Waals surface area (Å²) in [7, 11) is -6.51. The number of sulfonamides is 2. The van der Waals surface area contributed by atoms with Gasteiger partial charge in [0.15, 0.2) is 0 Å². The van der Waals surface area contributed by atoms with E-state index >= 15 is 0 Å². The summed E-state index contributed by atoms with van der Waals surface area (Å²) < 4.78 is 60.8. The Hall–Kier alpha value is -3.58. The van der Waals surface area contributed by atoms with Crippen LogP contribution in [-0.2, 0) is 24.8 Å². The number of nitrogens with one attached hydrogen (secondary N) is 1. The number of rotatable bonds is 8. The molecule has 0 aromatic heterocycles. The van der Waals surface area contributed by atoms with Crippen molar-refractivity contribution in [3.8, 4) is 5.75 Å². The molecule has 1 aliphatic rings. The minimum absolute atomic E-state index is 0.00933. The van der Waals surface area contributed by atoms with Crippen molar-refractivity contribution in [3.63, 3.8) is 0 Å². The Morgan fingerprint density at radius 2 is 1.39 bits per heavy atom. The molecule has 0 saturated carbocycles. The minimum atomic E-state index is -4.10. The molecule has 200 valence electrons. The Bertz CT molecular complexity index is 1510. The first kappa shape index (κ1) is 27.5. The Labute approximate surface area is 222 Å². The Morgan fingerprint density at radius 1 is 0.842 bits per heavy atom. The molecule has 1 atom stereocenters. The molecule has 4 rings (SSSR count). The summed E-state index contributed by atoms with van der Waals surface area (Å²) in [5.74, 6) is -0.0837. The van der Waals surface area contributed by atoms with Gasteiger partial charge in [-0.3, -0.25) is 4.79 Å². The SMILES string of the molecule is COc1ccc(/C(C)=N\NC(=O)[C@H]2CN(S(=O)(=O)c3ccccc3)CCN2S(=O)(=O)c2ccccc2)cc1. The molecular formula is C26H28N4O6S2. The first-order chi connectivity index (χ1) is 18.1.